The third-order valence-electron chi connectivity index (χ3n) is 2.42. The molecule has 1 N–H and O–H groups in total. The molecule has 104 valence electrons. The predicted molar refractivity (Wildman–Crippen MR) is 63.1 cm³/mol. The van der Waals surface area contributed by atoms with Crippen molar-refractivity contribution in [3.63, 3.8) is 0 Å². The topological polar surface area (TPSA) is 89.9 Å². The number of hydrogen-bond donors (Lipinski definition) is 1. The van der Waals surface area contributed by atoms with Crippen LogP contribution in [0.25, 0.3) is 0 Å². The molecule has 0 heterocycles. The number of Topliss-reactive ketones (excluding diaryl/α,β-unsaturated/α-hetero) is 1. The zero-order valence-corrected chi connectivity index (χ0v) is 10.8. The Bertz CT molecular complexity index is 286. The Kier molecular flexibility index (Phi) is 8.82. The SMILES string of the molecule is COCCCCC(=O)OCC(CC(=O)O)C(C)=O. The van der Waals surface area contributed by atoms with Crippen LogP contribution in [0.2, 0.25) is 0 Å². The summed E-state index contributed by atoms with van der Waals surface area (Å²) in [4.78, 5) is 32.9. The highest BCUT2D eigenvalue weighted by atomic mass is 16.5. The maximum Gasteiger partial charge on any atom is 0.305 e. The van der Waals surface area contributed by atoms with Crippen molar-refractivity contribution in [3.8, 4) is 0 Å². The number of aliphatic carboxylic acids is 1. The minimum Gasteiger partial charge on any atom is -0.481 e. The number of rotatable bonds is 10. The Balaban J connectivity index is 3.85. The molecule has 0 rings (SSSR count). The number of methoxy groups -OCH3 is 1. The van der Waals surface area contributed by atoms with Crippen molar-refractivity contribution in [2.75, 3.05) is 20.3 Å². The van der Waals surface area contributed by atoms with E-state index in [0.29, 0.717) is 13.0 Å². The van der Waals surface area contributed by atoms with Crippen LogP contribution in [0.15, 0.2) is 0 Å². The average Bonchev–Trinajstić information content (AvgIpc) is 2.29. The summed E-state index contributed by atoms with van der Waals surface area (Å²) in [7, 11) is 1.58. The zero-order chi connectivity index (χ0) is 14.0. The molecule has 0 radical (unpaired) electrons. The molecule has 0 aliphatic rings. The maximum atomic E-state index is 11.3. The number of carbonyl (C=O) groups excluding carboxylic acids is 2. The van der Waals surface area contributed by atoms with Crippen LogP contribution in [0.5, 0.6) is 0 Å². The number of carboxylic acids is 1. The van der Waals surface area contributed by atoms with Gasteiger partial charge in [0.1, 0.15) is 12.4 Å². The normalized spacial score (nSPS) is 11.9. The lowest BCUT2D eigenvalue weighted by Crippen LogP contribution is -2.23. The first-order chi connectivity index (χ1) is 8.47. The van der Waals surface area contributed by atoms with Gasteiger partial charge in [-0.05, 0) is 19.8 Å². The molecule has 0 aliphatic heterocycles. The average molecular weight is 260 g/mol. The monoisotopic (exact) mass is 260 g/mol. The second-order valence-corrected chi connectivity index (χ2v) is 4.04. The summed E-state index contributed by atoms with van der Waals surface area (Å²) < 4.78 is 9.72. The Labute approximate surface area is 106 Å². The van der Waals surface area contributed by atoms with Crippen LogP contribution in [0.3, 0.4) is 0 Å². The van der Waals surface area contributed by atoms with E-state index in [-0.39, 0.29) is 25.2 Å². The number of carbonyl (C=O) groups is 3. The van der Waals surface area contributed by atoms with Gasteiger partial charge in [0.2, 0.25) is 0 Å². The lowest BCUT2D eigenvalue weighted by Gasteiger charge is -2.11. The van der Waals surface area contributed by atoms with E-state index in [9.17, 15) is 14.4 Å². The van der Waals surface area contributed by atoms with Gasteiger partial charge in [-0.2, -0.15) is 0 Å². The Morgan fingerprint density at radius 2 is 1.89 bits per heavy atom. The second kappa shape index (κ2) is 9.58. The third kappa shape index (κ3) is 8.69. The molecular formula is C12H20O6. The second-order valence-electron chi connectivity index (χ2n) is 4.04. The molecule has 0 aromatic rings. The molecule has 0 aliphatic carbocycles. The Hall–Kier alpha value is -1.43. The van der Waals surface area contributed by atoms with Crippen molar-refractivity contribution in [2.45, 2.75) is 32.6 Å². The quantitative estimate of drug-likeness (QED) is 0.466. The Morgan fingerprint density at radius 3 is 2.39 bits per heavy atom. The van der Waals surface area contributed by atoms with Gasteiger partial charge in [-0.1, -0.05) is 0 Å². The Morgan fingerprint density at radius 1 is 1.22 bits per heavy atom. The molecule has 0 spiro atoms. The molecule has 6 nitrogen and oxygen atoms in total. The summed E-state index contributed by atoms with van der Waals surface area (Å²) in [6.07, 6.45) is 1.35. The highest BCUT2D eigenvalue weighted by Gasteiger charge is 2.19. The number of ether oxygens (including phenoxy) is 2. The molecule has 1 atom stereocenters. The van der Waals surface area contributed by atoms with Gasteiger partial charge in [-0.25, -0.2) is 0 Å². The van der Waals surface area contributed by atoms with Crippen molar-refractivity contribution in [2.24, 2.45) is 5.92 Å². The summed E-state index contributed by atoms with van der Waals surface area (Å²) in [5.41, 5.74) is 0. The fourth-order valence-electron chi connectivity index (χ4n) is 1.31. The minimum atomic E-state index is -1.08. The van der Waals surface area contributed by atoms with Crippen LogP contribution < -0.4 is 0 Å². The predicted octanol–water partition coefficient (Wildman–Crippen LogP) is 1.03. The molecule has 18 heavy (non-hydrogen) atoms. The molecular weight excluding hydrogens is 240 g/mol. The number of hydrogen-bond acceptors (Lipinski definition) is 5. The van der Waals surface area contributed by atoms with Gasteiger partial charge in [0.25, 0.3) is 0 Å². The van der Waals surface area contributed by atoms with E-state index in [1.807, 2.05) is 0 Å². The van der Waals surface area contributed by atoms with Gasteiger partial charge in [-0.3, -0.25) is 14.4 Å². The van der Waals surface area contributed by atoms with Crippen molar-refractivity contribution in [1.82, 2.24) is 0 Å². The van der Waals surface area contributed by atoms with E-state index >= 15 is 0 Å². The van der Waals surface area contributed by atoms with Crippen molar-refractivity contribution < 1.29 is 29.0 Å². The molecule has 1 unspecified atom stereocenters. The highest BCUT2D eigenvalue weighted by molar-refractivity contribution is 5.83. The van der Waals surface area contributed by atoms with E-state index in [2.05, 4.69) is 0 Å². The van der Waals surface area contributed by atoms with Gasteiger partial charge >= 0.3 is 11.9 Å². The summed E-state index contributed by atoms with van der Waals surface area (Å²) >= 11 is 0. The third-order valence-corrected chi connectivity index (χ3v) is 2.42. The minimum absolute atomic E-state index is 0.162. The first-order valence-corrected chi connectivity index (χ1v) is 5.84. The molecule has 0 aromatic carbocycles. The molecule has 0 bridgehead atoms. The van der Waals surface area contributed by atoms with Crippen molar-refractivity contribution in [3.05, 3.63) is 0 Å². The summed E-state index contributed by atoms with van der Waals surface area (Å²) in [6, 6.07) is 0. The fourth-order valence-corrected chi connectivity index (χ4v) is 1.31. The van der Waals surface area contributed by atoms with E-state index in [1.165, 1.54) is 6.92 Å². The van der Waals surface area contributed by atoms with E-state index in [1.54, 1.807) is 7.11 Å². The van der Waals surface area contributed by atoms with Crippen LogP contribution in [-0.2, 0) is 23.9 Å². The smallest absolute Gasteiger partial charge is 0.305 e. The first kappa shape index (κ1) is 16.6. The number of ketones is 1. The van der Waals surface area contributed by atoms with Gasteiger partial charge in [0.15, 0.2) is 0 Å². The molecule has 0 amide bonds. The fraction of sp³-hybridized carbons (Fsp3) is 0.750. The molecule has 0 saturated carbocycles. The van der Waals surface area contributed by atoms with Crippen LogP contribution in [-0.4, -0.2) is 43.2 Å². The highest BCUT2D eigenvalue weighted by Crippen LogP contribution is 2.07. The largest absolute Gasteiger partial charge is 0.481 e. The summed E-state index contributed by atoms with van der Waals surface area (Å²) in [6.45, 7) is 1.72. The molecule has 0 saturated heterocycles. The standard InChI is InChI=1S/C12H20O6/c1-9(13)10(7-11(14)15)8-18-12(16)5-3-4-6-17-2/h10H,3-8H2,1-2H3,(H,14,15). The van der Waals surface area contributed by atoms with E-state index in [4.69, 9.17) is 14.6 Å². The van der Waals surface area contributed by atoms with Crippen LogP contribution in [0.4, 0.5) is 0 Å². The number of carboxylic acid groups (broad SMARTS) is 1. The zero-order valence-electron chi connectivity index (χ0n) is 10.8. The number of esters is 1. The van der Waals surface area contributed by atoms with Crippen LogP contribution in [0, 0.1) is 5.92 Å². The number of unbranched alkanes of at least 4 members (excludes halogenated alkanes) is 1. The van der Waals surface area contributed by atoms with E-state index in [0.717, 1.165) is 6.42 Å². The maximum absolute atomic E-state index is 11.3. The van der Waals surface area contributed by atoms with Crippen molar-refractivity contribution in [1.29, 1.82) is 0 Å². The molecule has 0 fully saturated rings. The van der Waals surface area contributed by atoms with Gasteiger partial charge in [-0.15, -0.1) is 0 Å². The van der Waals surface area contributed by atoms with Crippen LogP contribution >= 0.6 is 0 Å². The lowest BCUT2D eigenvalue weighted by atomic mass is 10.0. The van der Waals surface area contributed by atoms with Gasteiger partial charge in [0, 0.05) is 20.1 Å². The summed E-state index contributed by atoms with van der Waals surface area (Å²) in [5, 5.41) is 8.59. The lowest BCUT2D eigenvalue weighted by molar-refractivity contribution is -0.149. The first-order valence-electron chi connectivity index (χ1n) is 5.84. The molecule has 0 aromatic heterocycles. The van der Waals surface area contributed by atoms with E-state index < -0.39 is 17.9 Å². The van der Waals surface area contributed by atoms with Crippen LogP contribution in [0.1, 0.15) is 32.6 Å². The summed E-state index contributed by atoms with van der Waals surface area (Å²) in [5.74, 6) is -2.54. The molecule has 6 heteroatoms. The van der Waals surface area contributed by atoms with Gasteiger partial charge < -0.3 is 14.6 Å². The van der Waals surface area contributed by atoms with Gasteiger partial charge in [0.05, 0.1) is 12.3 Å². The van der Waals surface area contributed by atoms with Crippen molar-refractivity contribution >= 4 is 17.7 Å².